The minimum atomic E-state index is -0.500. The summed E-state index contributed by atoms with van der Waals surface area (Å²) in [5.41, 5.74) is 1.01. The van der Waals surface area contributed by atoms with Gasteiger partial charge in [0, 0.05) is 15.9 Å². The summed E-state index contributed by atoms with van der Waals surface area (Å²) in [4.78, 5) is 0. The van der Waals surface area contributed by atoms with Crippen molar-refractivity contribution in [1.82, 2.24) is 0 Å². The van der Waals surface area contributed by atoms with Gasteiger partial charge in [-0.1, -0.05) is 33.6 Å². The molecule has 0 saturated carbocycles. The van der Waals surface area contributed by atoms with Gasteiger partial charge in [-0.05, 0) is 40.2 Å². The van der Waals surface area contributed by atoms with Crippen molar-refractivity contribution in [2.75, 3.05) is 0 Å². The molecule has 0 aliphatic carbocycles. The topological polar surface area (TPSA) is 33.0 Å². The molecule has 6 heteroatoms. The Balaban J connectivity index is 2.47. The number of nitrogens with zero attached hydrogens (tertiary/aromatic N) is 1. The normalized spacial score (nSPS) is 10.2. The van der Waals surface area contributed by atoms with Crippen molar-refractivity contribution in [3.63, 3.8) is 0 Å². The lowest BCUT2D eigenvalue weighted by Gasteiger charge is -2.12. The second kappa shape index (κ2) is 6.57. The minimum Gasteiger partial charge on any atom is -0.454 e. The molecule has 2 aromatic carbocycles. The third-order valence-electron chi connectivity index (χ3n) is 2.50. The van der Waals surface area contributed by atoms with E-state index in [0.717, 1.165) is 0 Å². The number of hydrogen-bond donors (Lipinski definition) is 0. The van der Waals surface area contributed by atoms with Gasteiger partial charge in [-0.2, -0.15) is 5.26 Å². The molecule has 2 aromatic rings. The molecule has 2 nitrogen and oxygen atoms in total. The lowest BCUT2D eigenvalue weighted by atomic mass is 10.2. The predicted molar refractivity (Wildman–Crippen MR) is 83.0 cm³/mol. The average Bonchev–Trinajstić information content (AvgIpc) is 2.43. The highest BCUT2D eigenvalue weighted by Crippen LogP contribution is 2.35. The van der Waals surface area contributed by atoms with Gasteiger partial charge >= 0.3 is 0 Å². The number of rotatable bonds is 3. The molecule has 0 aromatic heterocycles. The molecule has 0 aliphatic heterocycles. The highest BCUT2D eigenvalue weighted by atomic mass is 79.9. The largest absolute Gasteiger partial charge is 0.454 e. The Bertz CT molecular complexity index is 700. The molecular formula is C14H7Br2ClFNO. The van der Waals surface area contributed by atoms with E-state index in [1.54, 1.807) is 12.1 Å². The van der Waals surface area contributed by atoms with Crippen LogP contribution in [0.4, 0.5) is 4.39 Å². The van der Waals surface area contributed by atoms with E-state index >= 15 is 0 Å². The third kappa shape index (κ3) is 3.32. The molecule has 0 aliphatic rings. The Morgan fingerprint density at radius 1 is 1.30 bits per heavy atom. The SMILES string of the molecule is N#Cc1cc(Cl)cc(Oc2c(CBr)ccc(Br)c2F)c1. The van der Waals surface area contributed by atoms with Crippen molar-refractivity contribution < 1.29 is 9.13 Å². The third-order valence-corrected chi connectivity index (χ3v) is 3.93. The number of halogens is 4. The van der Waals surface area contributed by atoms with Crippen LogP contribution >= 0.6 is 43.5 Å². The van der Waals surface area contributed by atoms with E-state index < -0.39 is 5.82 Å². The Kier molecular flexibility index (Phi) is 5.03. The van der Waals surface area contributed by atoms with Crippen LogP contribution in [0.1, 0.15) is 11.1 Å². The van der Waals surface area contributed by atoms with Gasteiger partial charge < -0.3 is 4.74 Å². The van der Waals surface area contributed by atoms with Crippen molar-refractivity contribution in [3.05, 3.63) is 56.8 Å². The molecule has 0 atom stereocenters. The summed E-state index contributed by atoms with van der Waals surface area (Å²) < 4.78 is 20.0. The molecule has 20 heavy (non-hydrogen) atoms. The van der Waals surface area contributed by atoms with Crippen LogP contribution in [-0.2, 0) is 5.33 Å². The van der Waals surface area contributed by atoms with E-state index in [-0.39, 0.29) is 5.75 Å². The summed E-state index contributed by atoms with van der Waals surface area (Å²) in [5, 5.41) is 9.70. The first-order valence-corrected chi connectivity index (χ1v) is 7.75. The van der Waals surface area contributed by atoms with Crippen LogP contribution in [0, 0.1) is 17.1 Å². The zero-order valence-corrected chi connectivity index (χ0v) is 13.9. The van der Waals surface area contributed by atoms with E-state index in [2.05, 4.69) is 31.9 Å². The quantitative estimate of drug-likeness (QED) is 0.589. The molecule has 0 spiro atoms. The number of nitriles is 1. The summed E-state index contributed by atoms with van der Waals surface area (Å²) >= 11 is 12.3. The standard InChI is InChI=1S/C14H7Br2ClFNO/c15-6-9-1-2-12(16)13(18)14(9)20-11-4-8(7-19)3-10(17)5-11/h1-5H,6H2. The second-order valence-corrected chi connectivity index (χ2v) is 5.72. The summed E-state index contributed by atoms with van der Waals surface area (Å²) in [6, 6.07) is 9.87. The van der Waals surface area contributed by atoms with Gasteiger partial charge in [0.2, 0.25) is 0 Å². The first-order valence-electron chi connectivity index (χ1n) is 5.46. The first-order chi connectivity index (χ1) is 9.55. The lowest BCUT2D eigenvalue weighted by molar-refractivity contribution is 0.436. The summed E-state index contributed by atoms with van der Waals surface area (Å²) in [6.07, 6.45) is 0. The Labute approximate surface area is 137 Å². The fourth-order valence-corrected chi connectivity index (χ4v) is 2.57. The van der Waals surface area contributed by atoms with Crippen LogP contribution < -0.4 is 4.74 Å². The number of alkyl halides is 1. The Hall–Kier alpha value is -1.09. The molecule has 0 bridgehead atoms. The molecule has 0 N–H and O–H groups in total. The van der Waals surface area contributed by atoms with E-state index in [1.165, 1.54) is 18.2 Å². The van der Waals surface area contributed by atoms with Gasteiger partial charge in [0.1, 0.15) is 5.75 Å². The van der Waals surface area contributed by atoms with E-state index in [0.29, 0.717) is 31.7 Å². The Morgan fingerprint density at radius 3 is 2.70 bits per heavy atom. The molecule has 0 amide bonds. The van der Waals surface area contributed by atoms with Crippen LogP contribution in [0.3, 0.4) is 0 Å². The highest BCUT2D eigenvalue weighted by molar-refractivity contribution is 9.10. The van der Waals surface area contributed by atoms with Gasteiger partial charge in [-0.15, -0.1) is 0 Å². The minimum absolute atomic E-state index is 0.0995. The molecule has 0 unspecified atom stereocenters. The van der Waals surface area contributed by atoms with Crippen LogP contribution in [-0.4, -0.2) is 0 Å². The van der Waals surface area contributed by atoms with Crippen molar-refractivity contribution in [2.24, 2.45) is 0 Å². The summed E-state index contributed by atoms with van der Waals surface area (Å²) in [7, 11) is 0. The molecular weight excluding hydrogens is 412 g/mol. The van der Waals surface area contributed by atoms with Crippen molar-refractivity contribution >= 4 is 43.5 Å². The van der Waals surface area contributed by atoms with E-state index in [1.807, 2.05) is 6.07 Å². The van der Waals surface area contributed by atoms with Crippen LogP contribution in [0.15, 0.2) is 34.8 Å². The first kappa shape index (κ1) is 15.3. The molecule has 2 rings (SSSR count). The van der Waals surface area contributed by atoms with Gasteiger partial charge in [-0.3, -0.25) is 0 Å². The van der Waals surface area contributed by atoms with E-state index in [4.69, 9.17) is 21.6 Å². The van der Waals surface area contributed by atoms with Crippen molar-refractivity contribution in [2.45, 2.75) is 5.33 Å². The fourth-order valence-electron chi connectivity index (χ4n) is 1.59. The zero-order valence-electron chi connectivity index (χ0n) is 9.96. The Morgan fingerprint density at radius 2 is 2.05 bits per heavy atom. The number of ether oxygens (including phenoxy) is 1. The predicted octanol–water partition coefficient (Wildman–Crippen LogP) is 5.80. The monoisotopic (exact) mass is 417 g/mol. The molecule has 0 radical (unpaired) electrons. The maximum Gasteiger partial charge on any atom is 0.180 e. The summed E-state index contributed by atoms with van der Waals surface area (Å²) in [5.74, 6) is -0.0870. The van der Waals surface area contributed by atoms with Crippen LogP contribution in [0.25, 0.3) is 0 Å². The average molecular weight is 419 g/mol. The summed E-state index contributed by atoms with van der Waals surface area (Å²) in [6.45, 7) is 0. The molecule has 0 heterocycles. The van der Waals surface area contributed by atoms with Crippen LogP contribution in [0.5, 0.6) is 11.5 Å². The van der Waals surface area contributed by atoms with Gasteiger partial charge in [0.15, 0.2) is 11.6 Å². The zero-order chi connectivity index (χ0) is 14.7. The number of hydrogen-bond acceptors (Lipinski definition) is 2. The number of benzene rings is 2. The molecule has 102 valence electrons. The molecule has 0 saturated heterocycles. The van der Waals surface area contributed by atoms with Crippen LogP contribution in [0.2, 0.25) is 5.02 Å². The van der Waals surface area contributed by atoms with Gasteiger partial charge in [0.05, 0.1) is 16.1 Å². The lowest BCUT2D eigenvalue weighted by Crippen LogP contribution is -1.95. The maximum absolute atomic E-state index is 14.1. The van der Waals surface area contributed by atoms with Gasteiger partial charge in [-0.25, -0.2) is 4.39 Å². The van der Waals surface area contributed by atoms with E-state index in [9.17, 15) is 4.39 Å². The second-order valence-electron chi connectivity index (χ2n) is 3.87. The van der Waals surface area contributed by atoms with Gasteiger partial charge in [0.25, 0.3) is 0 Å². The maximum atomic E-state index is 14.1. The van der Waals surface area contributed by atoms with Crippen molar-refractivity contribution in [3.8, 4) is 17.6 Å². The fraction of sp³-hybridized carbons (Fsp3) is 0.0714. The molecule has 0 fully saturated rings. The highest BCUT2D eigenvalue weighted by Gasteiger charge is 2.14. The van der Waals surface area contributed by atoms with Crippen molar-refractivity contribution in [1.29, 1.82) is 5.26 Å². The smallest absolute Gasteiger partial charge is 0.180 e.